The van der Waals surface area contributed by atoms with Gasteiger partial charge in [0.1, 0.15) is 0 Å². The average Bonchev–Trinajstić information content (AvgIpc) is 2.98. The molecule has 0 saturated carbocycles. The smallest absolute Gasteiger partial charge is 0.253 e. The molecule has 25 heavy (non-hydrogen) atoms. The molecule has 1 heterocycles. The van der Waals surface area contributed by atoms with E-state index in [1.165, 1.54) is 0 Å². The van der Waals surface area contributed by atoms with Crippen LogP contribution in [0.25, 0.3) is 0 Å². The molecule has 136 valence electrons. The Balaban J connectivity index is 0.00000312. The van der Waals surface area contributed by atoms with Crippen LogP contribution in [0.5, 0.6) is 0 Å². The van der Waals surface area contributed by atoms with Crippen LogP contribution in [-0.2, 0) is 11.2 Å². The second kappa shape index (κ2) is 10.4. The van der Waals surface area contributed by atoms with Gasteiger partial charge in [0.2, 0.25) is 11.8 Å². The van der Waals surface area contributed by atoms with Crippen molar-refractivity contribution in [2.24, 2.45) is 5.73 Å². The van der Waals surface area contributed by atoms with Crippen LogP contribution >= 0.6 is 12.4 Å². The second-order valence-corrected chi connectivity index (χ2v) is 5.23. The van der Waals surface area contributed by atoms with E-state index in [0.717, 1.165) is 0 Å². The number of amides is 2. The Morgan fingerprint density at radius 2 is 2.04 bits per heavy atom. The van der Waals surface area contributed by atoms with E-state index < -0.39 is 0 Å². The molecule has 2 aromatic rings. The predicted octanol–water partition coefficient (Wildman–Crippen LogP) is 1.45. The van der Waals surface area contributed by atoms with Crippen molar-refractivity contribution in [3.05, 3.63) is 41.5 Å². The van der Waals surface area contributed by atoms with Gasteiger partial charge in [-0.25, -0.2) is 0 Å². The summed E-state index contributed by atoms with van der Waals surface area (Å²) in [6, 6.07) is 6.85. The van der Waals surface area contributed by atoms with Crippen LogP contribution in [0.1, 0.15) is 34.9 Å². The zero-order chi connectivity index (χ0) is 17.4. The maximum Gasteiger partial charge on any atom is 0.253 e. The third-order valence-electron chi connectivity index (χ3n) is 3.24. The SMILES string of the molecule is Cc1noc(CCCC(=O)Nc2ccccc2C(=O)NCCN)n1.Cl. The minimum absolute atomic E-state index is 0. The number of nitrogens with zero attached hydrogens (tertiary/aromatic N) is 2. The summed E-state index contributed by atoms with van der Waals surface area (Å²) in [5.41, 5.74) is 6.26. The number of hydrogen-bond donors (Lipinski definition) is 3. The molecule has 2 rings (SSSR count). The number of nitrogens with one attached hydrogen (secondary N) is 2. The second-order valence-electron chi connectivity index (χ2n) is 5.23. The number of aromatic nitrogens is 2. The number of anilines is 1. The summed E-state index contributed by atoms with van der Waals surface area (Å²) in [6.07, 6.45) is 1.40. The lowest BCUT2D eigenvalue weighted by Gasteiger charge is -2.11. The highest BCUT2D eigenvalue weighted by molar-refractivity contribution is 6.03. The van der Waals surface area contributed by atoms with Crippen LogP contribution in [-0.4, -0.2) is 35.0 Å². The summed E-state index contributed by atoms with van der Waals surface area (Å²) in [7, 11) is 0. The summed E-state index contributed by atoms with van der Waals surface area (Å²) >= 11 is 0. The topological polar surface area (TPSA) is 123 Å². The third kappa shape index (κ3) is 6.52. The van der Waals surface area contributed by atoms with Crippen molar-refractivity contribution < 1.29 is 14.1 Å². The molecule has 0 aliphatic carbocycles. The molecule has 1 aromatic carbocycles. The van der Waals surface area contributed by atoms with Gasteiger partial charge in [-0.05, 0) is 25.5 Å². The predicted molar refractivity (Wildman–Crippen MR) is 95.7 cm³/mol. The molecule has 0 fully saturated rings. The highest BCUT2D eigenvalue weighted by Crippen LogP contribution is 2.15. The molecule has 9 heteroatoms. The number of carbonyl (C=O) groups is 2. The van der Waals surface area contributed by atoms with Crippen molar-refractivity contribution in [1.82, 2.24) is 15.5 Å². The third-order valence-corrected chi connectivity index (χ3v) is 3.24. The van der Waals surface area contributed by atoms with Crippen molar-refractivity contribution in [3.63, 3.8) is 0 Å². The molecule has 0 aliphatic rings. The van der Waals surface area contributed by atoms with E-state index in [0.29, 0.717) is 55.3 Å². The van der Waals surface area contributed by atoms with E-state index in [9.17, 15) is 9.59 Å². The minimum Gasteiger partial charge on any atom is -0.351 e. The van der Waals surface area contributed by atoms with Gasteiger partial charge in [0, 0.05) is 25.9 Å². The van der Waals surface area contributed by atoms with Crippen LogP contribution in [0.2, 0.25) is 0 Å². The first kappa shape index (κ1) is 20.6. The fourth-order valence-corrected chi connectivity index (χ4v) is 2.13. The molecule has 0 saturated heterocycles. The maximum absolute atomic E-state index is 12.1. The molecule has 8 nitrogen and oxygen atoms in total. The number of carbonyl (C=O) groups excluding carboxylic acids is 2. The number of halogens is 1. The van der Waals surface area contributed by atoms with Crippen molar-refractivity contribution in [2.45, 2.75) is 26.2 Å². The minimum atomic E-state index is -0.266. The summed E-state index contributed by atoms with van der Waals surface area (Å²) in [5, 5.41) is 9.15. The van der Waals surface area contributed by atoms with Crippen LogP contribution in [0.15, 0.2) is 28.8 Å². The zero-order valence-electron chi connectivity index (χ0n) is 13.9. The van der Waals surface area contributed by atoms with E-state index in [4.69, 9.17) is 10.3 Å². The molecular weight excluding hydrogens is 346 g/mol. The highest BCUT2D eigenvalue weighted by atomic mass is 35.5. The Bertz CT molecular complexity index is 705. The van der Waals surface area contributed by atoms with Gasteiger partial charge in [0.25, 0.3) is 5.91 Å². The Hall–Kier alpha value is -2.45. The molecule has 0 atom stereocenters. The highest BCUT2D eigenvalue weighted by Gasteiger charge is 2.13. The van der Waals surface area contributed by atoms with Crippen LogP contribution < -0.4 is 16.4 Å². The van der Waals surface area contributed by atoms with Gasteiger partial charge in [-0.3, -0.25) is 9.59 Å². The van der Waals surface area contributed by atoms with Gasteiger partial charge in [0.15, 0.2) is 5.82 Å². The first-order valence-electron chi connectivity index (χ1n) is 7.76. The molecule has 0 radical (unpaired) electrons. The van der Waals surface area contributed by atoms with E-state index in [1.54, 1.807) is 31.2 Å². The number of aryl methyl sites for hydroxylation is 2. The number of para-hydroxylation sites is 1. The fraction of sp³-hybridized carbons (Fsp3) is 0.375. The maximum atomic E-state index is 12.1. The van der Waals surface area contributed by atoms with Crippen molar-refractivity contribution >= 4 is 29.9 Å². The van der Waals surface area contributed by atoms with Gasteiger partial charge in [-0.2, -0.15) is 4.98 Å². The molecule has 0 aliphatic heterocycles. The summed E-state index contributed by atoms with van der Waals surface area (Å²) in [5.74, 6) is 0.650. The first-order valence-corrected chi connectivity index (χ1v) is 7.76. The average molecular weight is 368 g/mol. The molecule has 0 spiro atoms. The largest absolute Gasteiger partial charge is 0.351 e. The normalized spacial score (nSPS) is 10.0. The van der Waals surface area contributed by atoms with E-state index in [2.05, 4.69) is 20.8 Å². The fourth-order valence-electron chi connectivity index (χ4n) is 2.13. The Morgan fingerprint density at radius 1 is 1.28 bits per heavy atom. The molecule has 1 aromatic heterocycles. The number of hydrogen-bond acceptors (Lipinski definition) is 6. The molecule has 4 N–H and O–H groups in total. The van der Waals surface area contributed by atoms with Crippen LogP contribution in [0.4, 0.5) is 5.69 Å². The Labute approximate surface area is 152 Å². The number of nitrogens with two attached hydrogens (primary N) is 1. The van der Waals surface area contributed by atoms with Crippen LogP contribution in [0, 0.1) is 6.92 Å². The van der Waals surface area contributed by atoms with E-state index in [1.807, 2.05) is 0 Å². The number of benzene rings is 1. The quantitative estimate of drug-likeness (QED) is 0.648. The molecule has 0 unspecified atom stereocenters. The van der Waals surface area contributed by atoms with Crippen molar-refractivity contribution in [1.29, 1.82) is 0 Å². The lowest BCUT2D eigenvalue weighted by molar-refractivity contribution is -0.116. The van der Waals surface area contributed by atoms with Gasteiger partial charge in [-0.1, -0.05) is 17.3 Å². The standard InChI is InChI=1S/C16H21N5O3.ClH/c1-11-19-15(24-21-11)8-4-7-14(22)20-13-6-3-2-5-12(13)16(23)18-10-9-17;/h2-3,5-6H,4,7-10,17H2,1H3,(H,18,23)(H,20,22);1H. The van der Waals surface area contributed by atoms with E-state index in [-0.39, 0.29) is 24.2 Å². The molecular formula is C16H22ClN5O3. The van der Waals surface area contributed by atoms with Crippen LogP contribution in [0.3, 0.4) is 0 Å². The summed E-state index contributed by atoms with van der Waals surface area (Å²) in [6.45, 7) is 2.48. The van der Waals surface area contributed by atoms with Gasteiger partial charge in [0.05, 0.1) is 11.3 Å². The number of rotatable bonds is 8. The zero-order valence-corrected chi connectivity index (χ0v) is 14.8. The Kier molecular flexibility index (Phi) is 8.59. The Morgan fingerprint density at radius 3 is 2.72 bits per heavy atom. The van der Waals surface area contributed by atoms with E-state index >= 15 is 0 Å². The van der Waals surface area contributed by atoms with Gasteiger partial charge in [-0.15, -0.1) is 12.4 Å². The first-order chi connectivity index (χ1) is 11.6. The molecule has 0 bridgehead atoms. The van der Waals surface area contributed by atoms with Gasteiger partial charge >= 0.3 is 0 Å². The lowest BCUT2D eigenvalue weighted by atomic mass is 10.1. The summed E-state index contributed by atoms with van der Waals surface area (Å²) < 4.78 is 5.00. The monoisotopic (exact) mass is 367 g/mol. The van der Waals surface area contributed by atoms with Crippen molar-refractivity contribution in [2.75, 3.05) is 18.4 Å². The molecule has 2 amide bonds. The summed E-state index contributed by atoms with van der Waals surface area (Å²) in [4.78, 5) is 28.2. The lowest BCUT2D eigenvalue weighted by Crippen LogP contribution is -2.29. The van der Waals surface area contributed by atoms with Gasteiger partial charge < -0.3 is 20.9 Å². The van der Waals surface area contributed by atoms with Crippen molar-refractivity contribution in [3.8, 4) is 0 Å².